The van der Waals surface area contributed by atoms with Crippen LogP contribution in [0.4, 0.5) is 11.4 Å². The smallest absolute Gasteiger partial charge is 0.257 e. The van der Waals surface area contributed by atoms with Crippen LogP contribution in [-0.4, -0.2) is 60.1 Å². The topological polar surface area (TPSA) is 121 Å². The van der Waals surface area contributed by atoms with Crippen molar-refractivity contribution < 1.29 is 9.59 Å². The van der Waals surface area contributed by atoms with Gasteiger partial charge in [0, 0.05) is 48.9 Å². The molecule has 4 aromatic heterocycles. The van der Waals surface area contributed by atoms with Crippen LogP contribution in [0.3, 0.4) is 0 Å². The number of aryl methyl sites for hydroxylation is 2. The maximum absolute atomic E-state index is 13.1. The van der Waals surface area contributed by atoms with Crippen LogP contribution in [0.15, 0.2) is 43.0 Å². The van der Waals surface area contributed by atoms with Crippen molar-refractivity contribution in [3.8, 4) is 11.3 Å². The van der Waals surface area contributed by atoms with Crippen molar-refractivity contribution in [3.05, 3.63) is 54.2 Å². The van der Waals surface area contributed by atoms with E-state index in [1.165, 1.54) is 32.1 Å². The average molecular weight is 513 g/mol. The molecule has 0 atom stereocenters. The van der Waals surface area contributed by atoms with Crippen molar-refractivity contribution >= 4 is 34.2 Å². The number of anilines is 2. The van der Waals surface area contributed by atoms with E-state index in [4.69, 9.17) is 0 Å². The van der Waals surface area contributed by atoms with Crippen molar-refractivity contribution in [2.24, 2.45) is 7.05 Å². The Labute approximate surface area is 220 Å². The van der Waals surface area contributed by atoms with E-state index < -0.39 is 0 Å². The lowest BCUT2D eigenvalue weighted by atomic mass is 9.75. The fourth-order valence-corrected chi connectivity index (χ4v) is 5.73. The molecule has 38 heavy (non-hydrogen) atoms. The van der Waals surface area contributed by atoms with E-state index in [2.05, 4.69) is 35.6 Å². The maximum atomic E-state index is 13.1. The first kappa shape index (κ1) is 24.3. The summed E-state index contributed by atoms with van der Waals surface area (Å²) in [6.07, 6.45) is 13.6. The standard InChI is InChI=1S/C28H32N8O2/c1-18-23(13-22(16-29-18)32-25(37)5-10-36-9-4-8-28(36)6-3-7-28)34-27(38)20-11-19-12-24(33-26(19)30-14-20)21-15-31-35(2)17-21/h11-17H,3-10H2,1-2H3,(H,30,33)(H,32,37)(H,34,38). The van der Waals surface area contributed by atoms with Crippen LogP contribution in [0.2, 0.25) is 0 Å². The third-order valence-electron chi connectivity index (χ3n) is 8.00. The number of rotatable bonds is 7. The third kappa shape index (κ3) is 4.67. The number of amides is 2. The van der Waals surface area contributed by atoms with Crippen molar-refractivity contribution in [3.63, 3.8) is 0 Å². The SMILES string of the molecule is Cc1ncc(NC(=O)CCN2CCCC23CCC3)cc1NC(=O)c1cnc2[nH]c(-c3cnn(C)c3)cc2c1. The Bertz CT molecular complexity index is 1520. The first-order valence-corrected chi connectivity index (χ1v) is 13.2. The number of nitrogens with one attached hydrogen (secondary N) is 3. The molecule has 2 fully saturated rings. The number of hydrogen-bond donors (Lipinski definition) is 3. The number of pyridine rings is 2. The lowest BCUT2D eigenvalue weighted by Gasteiger charge is -2.46. The number of H-pyrrole nitrogens is 1. The van der Waals surface area contributed by atoms with E-state index in [1.54, 1.807) is 35.4 Å². The molecule has 1 aliphatic heterocycles. The number of aromatic nitrogens is 5. The zero-order valence-electron chi connectivity index (χ0n) is 21.8. The number of nitrogens with zero attached hydrogens (tertiary/aromatic N) is 5. The molecule has 0 aromatic carbocycles. The number of fused-ring (bicyclic) bond motifs is 1. The molecule has 0 radical (unpaired) electrons. The largest absolute Gasteiger partial charge is 0.339 e. The highest BCUT2D eigenvalue weighted by Crippen LogP contribution is 2.45. The van der Waals surface area contributed by atoms with E-state index in [0.29, 0.717) is 40.2 Å². The highest BCUT2D eigenvalue weighted by atomic mass is 16.2. The van der Waals surface area contributed by atoms with Crippen LogP contribution in [-0.2, 0) is 11.8 Å². The van der Waals surface area contributed by atoms with Crippen LogP contribution in [0.5, 0.6) is 0 Å². The second kappa shape index (κ2) is 9.68. The summed E-state index contributed by atoms with van der Waals surface area (Å²) in [4.78, 5) is 40.3. The molecule has 1 saturated carbocycles. The van der Waals surface area contributed by atoms with Crippen LogP contribution >= 0.6 is 0 Å². The summed E-state index contributed by atoms with van der Waals surface area (Å²) >= 11 is 0. The molecule has 2 amide bonds. The number of likely N-dealkylation sites (tertiary alicyclic amines) is 1. The van der Waals surface area contributed by atoms with Gasteiger partial charge in [0.15, 0.2) is 0 Å². The van der Waals surface area contributed by atoms with Gasteiger partial charge < -0.3 is 15.6 Å². The van der Waals surface area contributed by atoms with Crippen LogP contribution in [0.1, 0.15) is 54.6 Å². The fraction of sp³-hybridized carbons (Fsp3) is 0.393. The molecule has 6 rings (SSSR count). The molecule has 10 heteroatoms. The second-order valence-electron chi connectivity index (χ2n) is 10.5. The lowest BCUT2D eigenvalue weighted by molar-refractivity contribution is -0.116. The number of aromatic amines is 1. The predicted molar refractivity (Wildman–Crippen MR) is 146 cm³/mol. The highest BCUT2D eigenvalue weighted by molar-refractivity contribution is 6.06. The van der Waals surface area contributed by atoms with Gasteiger partial charge >= 0.3 is 0 Å². The van der Waals surface area contributed by atoms with Crippen LogP contribution < -0.4 is 10.6 Å². The third-order valence-corrected chi connectivity index (χ3v) is 8.00. The zero-order valence-corrected chi connectivity index (χ0v) is 21.8. The molecule has 1 spiro atoms. The molecule has 1 saturated heterocycles. The molecule has 196 valence electrons. The first-order chi connectivity index (χ1) is 18.4. The summed E-state index contributed by atoms with van der Waals surface area (Å²) in [5.41, 5.74) is 5.09. The summed E-state index contributed by atoms with van der Waals surface area (Å²) in [5.74, 6) is -0.336. The summed E-state index contributed by atoms with van der Waals surface area (Å²) in [7, 11) is 1.86. The van der Waals surface area contributed by atoms with Gasteiger partial charge in [-0.1, -0.05) is 0 Å². The van der Waals surface area contributed by atoms with E-state index in [-0.39, 0.29) is 11.8 Å². The molecule has 3 N–H and O–H groups in total. The van der Waals surface area contributed by atoms with E-state index in [1.807, 2.05) is 26.2 Å². The molecular formula is C28H32N8O2. The maximum Gasteiger partial charge on any atom is 0.257 e. The van der Waals surface area contributed by atoms with Gasteiger partial charge in [0.05, 0.1) is 40.7 Å². The van der Waals surface area contributed by atoms with E-state index >= 15 is 0 Å². The average Bonchev–Trinajstić information content (AvgIpc) is 3.61. The van der Waals surface area contributed by atoms with Gasteiger partial charge in [-0.2, -0.15) is 5.10 Å². The van der Waals surface area contributed by atoms with Gasteiger partial charge in [-0.3, -0.25) is 24.2 Å². The summed E-state index contributed by atoms with van der Waals surface area (Å²) in [5, 5.41) is 10.9. The number of carbonyl (C=O) groups is 2. The molecule has 0 unspecified atom stereocenters. The van der Waals surface area contributed by atoms with E-state index in [0.717, 1.165) is 29.7 Å². The Morgan fingerprint density at radius 3 is 2.66 bits per heavy atom. The summed E-state index contributed by atoms with van der Waals surface area (Å²) < 4.78 is 1.73. The molecule has 10 nitrogen and oxygen atoms in total. The van der Waals surface area contributed by atoms with Gasteiger partial charge in [0.25, 0.3) is 5.91 Å². The Hall–Kier alpha value is -4.05. The Balaban J connectivity index is 1.11. The normalized spacial score (nSPS) is 16.6. The summed E-state index contributed by atoms with van der Waals surface area (Å²) in [6.45, 7) is 3.69. The Kier molecular flexibility index (Phi) is 6.19. The number of carbonyl (C=O) groups excluding carboxylic acids is 2. The monoisotopic (exact) mass is 512 g/mol. The van der Waals surface area contributed by atoms with Gasteiger partial charge in [-0.15, -0.1) is 0 Å². The molecule has 4 aromatic rings. The summed E-state index contributed by atoms with van der Waals surface area (Å²) in [6, 6.07) is 5.51. The quantitative estimate of drug-likeness (QED) is 0.340. The predicted octanol–water partition coefficient (Wildman–Crippen LogP) is 4.27. The Morgan fingerprint density at radius 1 is 1.05 bits per heavy atom. The van der Waals surface area contributed by atoms with Gasteiger partial charge in [0.1, 0.15) is 5.65 Å². The van der Waals surface area contributed by atoms with Crippen molar-refractivity contribution in [1.29, 1.82) is 0 Å². The van der Waals surface area contributed by atoms with Gasteiger partial charge in [-0.05, 0) is 63.8 Å². The first-order valence-electron chi connectivity index (χ1n) is 13.2. The molecule has 1 aliphatic carbocycles. The molecule has 0 bridgehead atoms. The van der Waals surface area contributed by atoms with Crippen molar-refractivity contribution in [2.45, 2.75) is 51.0 Å². The van der Waals surface area contributed by atoms with Crippen molar-refractivity contribution in [1.82, 2.24) is 29.6 Å². The van der Waals surface area contributed by atoms with Crippen LogP contribution in [0, 0.1) is 6.92 Å². The molecular weight excluding hydrogens is 480 g/mol. The minimum absolute atomic E-state index is 0.0409. The minimum atomic E-state index is -0.295. The lowest BCUT2D eigenvalue weighted by Crippen LogP contribution is -2.49. The second-order valence-corrected chi connectivity index (χ2v) is 10.5. The van der Waals surface area contributed by atoms with Gasteiger partial charge in [0.2, 0.25) is 5.91 Å². The Morgan fingerprint density at radius 2 is 1.89 bits per heavy atom. The minimum Gasteiger partial charge on any atom is -0.339 e. The van der Waals surface area contributed by atoms with E-state index in [9.17, 15) is 9.59 Å². The fourth-order valence-electron chi connectivity index (χ4n) is 5.73. The van der Waals surface area contributed by atoms with Gasteiger partial charge in [-0.25, -0.2) is 4.98 Å². The molecule has 2 aliphatic rings. The van der Waals surface area contributed by atoms with Crippen molar-refractivity contribution in [2.75, 3.05) is 23.7 Å². The zero-order chi connectivity index (χ0) is 26.3. The molecule has 5 heterocycles. The highest BCUT2D eigenvalue weighted by Gasteiger charge is 2.45. The van der Waals surface area contributed by atoms with Crippen LogP contribution in [0.25, 0.3) is 22.3 Å². The number of hydrogen-bond acceptors (Lipinski definition) is 6.